The third kappa shape index (κ3) is 0.913. The van der Waals surface area contributed by atoms with Gasteiger partial charge in [0.25, 0.3) is 0 Å². The van der Waals surface area contributed by atoms with Crippen molar-refractivity contribution in [3.63, 3.8) is 0 Å². The average Bonchev–Trinajstić information content (AvgIpc) is 2.68. The minimum atomic E-state index is 0.601. The summed E-state index contributed by atoms with van der Waals surface area (Å²) in [4.78, 5) is 7.01. The lowest BCUT2D eigenvalue weighted by atomic mass is 9.75. The predicted molar refractivity (Wildman–Crippen MR) is 58.5 cm³/mol. The number of hydrogen-bond acceptors (Lipinski definition) is 2. The summed E-state index contributed by atoms with van der Waals surface area (Å²) in [6, 6.07) is 2.95. The minimum Gasteiger partial charge on any atom is -0.296 e. The molecule has 3 heterocycles. The Hall–Kier alpha value is -0.890. The van der Waals surface area contributed by atoms with E-state index in [0.29, 0.717) is 5.41 Å². The van der Waals surface area contributed by atoms with Gasteiger partial charge < -0.3 is 0 Å². The molecule has 2 heteroatoms. The van der Waals surface area contributed by atoms with Gasteiger partial charge in [-0.3, -0.25) is 9.88 Å². The summed E-state index contributed by atoms with van der Waals surface area (Å²) >= 11 is 0. The molecule has 3 aliphatic rings. The van der Waals surface area contributed by atoms with E-state index < -0.39 is 0 Å². The molecule has 2 aliphatic heterocycles. The quantitative estimate of drug-likeness (QED) is 0.638. The largest absolute Gasteiger partial charge is 0.296 e. The molecule has 1 aromatic heterocycles. The fraction of sp³-hybridized carbons (Fsp3) is 0.615. The molecular weight excluding hydrogens is 184 g/mol. The first-order valence-corrected chi connectivity index (χ1v) is 6.06. The monoisotopic (exact) mass is 200 g/mol. The van der Waals surface area contributed by atoms with Crippen molar-refractivity contribution in [2.24, 2.45) is 5.41 Å². The summed E-state index contributed by atoms with van der Waals surface area (Å²) in [5.41, 5.74) is 3.71. The van der Waals surface area contributed by atoms with E-state index in [2.05, 4.69) is 22.1 Å². The van der Waals surface area contributed by atoms with E-state index in [-0.39, 0.29) is 0 Å². The fourth-order valence-electron chi connectivity index (χ4n) is 4.18. The van der Waals surface area contributed by atoms with E-state index in [1.165, 1.54) is 44.3 Å². The van der Waals surface area contributed by atoms with Crippen LogP contribution in [0.3, 0.4) is 0 Å². The Morgan fingerprint density at radius 2 is 2.33 bits per heavy atom. The molecule has 0 saturated carbocycles. The topological polar surface area (TPSA) is 16.1 Å². The van der Waals surface area contributed by atoms with Gasteiger partial charge in [-0.25, -0.2) is 0 Å². The number of fused-ring (bicyclic) bond motifs is 1. The van der Waals surface area contributed by atoms with Gasteiger partial charge in [0.1, 0.15) is 0 Å². The summed E-state index contributed by atoms with van der Waals surface area (Å²) in [7, 11) is 0. The van der Waals surface area contributed by atoms with Crippen molar-refractivity contribution >= 4 is 0 Å². The van der Waals surface area contributed by atoms with Gasteiger partial charge in [0.05, 0.1) is 0 Å². The van der Waals surface area contributed by atoms with Crippen molar-refractivity contribution in [1.82, 2.24) is 9.88 Å². The number of aromatic nitrogens is 1. The molecular formula is C13H16N2. The first kappa shape index (κ1) is 8.28. The summed E-state index contributed by atoms with van der Waals surface area (Å²) in [6.45, 7) is 2.62. The first-order chi connectivity index (χ1) is 7.39. The van der Waals surface area contributed by atoms with Gasteiger partial charge in [-0.2, -0.15) is 0 Å². The van der Waals surface area contributed by atoms with E-state index >= 15 is 0 Å². The second-order valence-electron chi connectivity index (χ2n) is 5.41. The Balaban J connectivity index is 1.90. The van der Waals surface area contributed by atoms with E-state index in [9.17, 15) is 0 Å². The number of nitrogens with zero attached hydrogens (tertiary/aromatic N) is 2. The molecule has 15 heavy (non-hydrogen) atoms. The summed E-state index contributed by atoms with van der Waals surface area (Å²) in [5, 5.41) is 0. The molecule has 2 bridgehead atoms. The number of pyridine rings is 1. The summed E-state index contributed by atoms with van der Waals surface area (Å²) < 4.78 is 0. The zero-order valence-electron chi connectivity index (χ0n) is 8.95. The Kier molecular flexibility index (Phi) is 1.44. The molecule has 0 N–H and O–H groups in total. The molecule has 2 saturated heterocycles. The van der Waals surface area contributed by atoms with Gasteiger partial charge in [0.2, 0.25) is 0 Å². The molecule has 0 amide bonds. The van der Waals surface area contributed by atoms with Crippen molar-refractivity contribution in [2.75, 3.05) is 13.1 Å². The number of piperidine rings is 1. The van der Waals surface area contributed by atoms with Crippen LogP contribution in [0.4, 0.5) is 0 Å². The standard InChI is InChI=1S/C13H16N2/c1-3-13-4-7-15(6-1)12(13)11-9-14-5-2-10(11)8-13/h2,5,9,12H,1,3-4,6-8H2/t12-,13-/m0/s1. The predicted octanol–water partition coefficient (Wildman–Crippen LogP) is 2.16. The number of hydrogen-bond donors (Lipinski definition) is 0. The Morgan fingerprint density at radius 3 is 3.33 bits per heavy atom. The zero-order valence-corrected chi connectivity index (χ0v) is 8.95. The third-order valence-corrected chi connectivity index (χ3v) is 4.75. The van der Waals surface area contributed by atoms with Crippen LogP contribution < -0.4 is 0 Å². The van der Waals surface area contributed by atoms with Gasteiger partial charge in [-0.15, -0.1) is 0 Å². The second kappa shape index (κ2) is 2.62. The highest BCUT2D eigenvalue weighted by atomic mass is 15.2. The average molecular weight is 200 g/mol. The lowest BCUT2D eigenvalue weighted by Gasteiger charge is -2.37. The summed E-state index contributed by atoms with van der Waals surface area (Å²) in [6.07, 6.45) is 9.63. The van der Waals surface area contributed by atoms with Gasteiger partial charge in [-0.1, -0.05) is 0 Å². The molecule has 3 atom stereocenters. The molecule has 0 aromatic carbocycles. The van der Waals surface area contributed by atoms with Gasteiger partial charge in [0.15, 0.2) is 0 Å². The Labute approximate surface area is 90.3 Å². The van der Waals surface area contributed by atoms with Crippen LogP contribution in [0.15, 0.2) is 18.5 Å². The molecule has 2 nitrogen and oxygen atoms in total. The smallest absolute Gasteiger partial charge is 0.0426 e. The summed E-state index contributed by atoms with van der Waals surface area (Å²) in [5.74, 6) is 0. The first-order valence-electron chi connectivity index (χ1n) is 6.06. The maximum atomic E-state index is 4.31. The van der Waals surface area contributed by atoms with E-state index in [4.69, 9.17) is 0 Å². The van der Waals surface area contributed by atoms with Gasteiger partial charge >= 0.3 is 0 Å². The highest BCUT2D eigenvalue weighted by Gasteiger charge is 2.54. The van der Waals surface area contributed by atoms with Crippen molar-refractivity contribution in [1.29, 1.82) is 0 Å². The maximum Gasteiger partial charge on any atom is 0.0426 e. The zero-order chi connectivity index (χ0) is 9.88. The molecule has 1 unspecified atom stereocenters. The normalized spacial score (nSPS) is 41.3. The Morgan fingerprint density at radius 1 is 1.33 bits per heavy atom. The lowest BCUT2D eigenvalue weighted by molar-refractivity contribution is 0.111. The van der Waals surface area contributed by atoms with Crippen LogP contribution in [0.1, 0.15) is 36.4 Å². The van der Waals surface area contributed by atoms with E-state index in [1.807, 2.05) is 6.20 Å². The fourth-order valence-corrected chi connectivity index (χ4v) is 4.18. The van der Waals surface area contributed by atoms with Crippen LogP contribution in [0.2, 0.25) is 0 Å². The van der Waals surface area contributed by atoms with Crippen LogP contribution in [-0.2, 0) is 6.42 Å². The van der Waals surface area contributed by atoms with Crippen molar-refractivity contribution < 1.29 is 0 Å². The van der Waals surface area contributed by atoms with Gasteiger partial charge in [0, 0.05) is 18.4 Å². The molecule has 1 aromatic rings. The SMILES string of the molecule is c1cc2c(cn1)[C@@H]1N3CCC[C@]1(CC3)C2. The third-order valence-electron chi connectivity index (χ3n) is 4.75. The van der Waals surface area contributed by atoms with Crippen LogP contribution in [0, 0.1) is 5.41 Å². The molecule has 2 fully saturated rings. The van der Waals surface area contributed by atoms with Gasteiger partial charge in [-0.05, 0) is 61.4 Å². The minimum absolute atomic E-state index is 0.601. The van der Waals surface area contributed by atoms with Crippen LogP contribution in [-0.4, -0.2) is 23.0 Å². The molecule has 78 valence electrons. The van der Waals surface area contributed by atoms with Crippen molar-refractivity contribution in [3.8, 4) is 0 Å². The highest BCUT2D eigenvalue weighted by molar-refractivity contribution is 5.38. The van der Waals surface area contributed by atoms with E-state index in [0.717, 1.165) is 6.04 Å². The molecule has 1 aliphatic carbocycles. The molecule has 0 spiro atoms. The van der Waals surface area contributed by atoms with Crippen LogP contribution in [0.5, 0.6) is 0 Å². The molecule has 0 radical (unpaired) electrons. The van der Waals surface area contributed by atoms with E-state index in [1.54, 1.807) is 5.56 Å². The van der Waals surface area contributed by atoms with Crippen molar-refractivity contribution in [2.45, 2.75) is 31.7 Å². The maximum absolute atomic E-state index is 4.31. The highest BCUT2D eigenvalue weighted by Crippen LogP contribution is 2.59. The van der Waals surface area contributed by atoms with Crippen LogP contribution >= 0.6 is 0 Å². The molecule has 4 rings (SSSR count). The number of rotatable bonds is 0. The Bertz CT molecular complexity index is 411. The van der Waals surface area contributed by atoms with Crippen molar-refractivity contribution in [3.05, 3.63) is 29.6 Å². The lowest BCUT2D eigenvalue weighted by Crippen LogP contribution is -2.35. The second-order valence-corrected chi connectivity index (χ2v) is 5.41. The van der Waals surface area contributed by atoms with Crippen LogP contribution in [0.25, 0.3) is 0 Å².